The molecule has 4 rings (SSSR count). The van der Waals surface area contributed by atoms with Crippen LogP contribution in [-0.4, -0.2) is 18.9 Å². The van der Waals surface area contributed by atoms with Gasteiger partial charge in [0, 0.05) is 34.3 Å². The summed E-state index contributed by atoms with van der Waals surface area (Å²) in [6.07, 6.45) is 1.11. The fourth-order valence-corrected chi connectivity index (χ4v) is 4.50. The lowest BCUT2D eigenvalue weighted by atomic mass is 9.72. The topological polar surface area (TPSA) is 55.4 Å². The molecular formula is C24H22ClNO3. The second kappa shape index (κ2) is 7.88. The summed E-state index contributed by atoms with van der Waals surface area (Å²) in [7, 11) is 1.37. The first-order valence-corrected chi connectivity index (χ1v) is 10.00. The molecule has 0 saturated carbocycles. The minimum absolute atomic E-state index is 0.0569. The molecule has 5 heteroatoms. The Morgan fingerprint density at radius 3 is 2.38 bits per heavy atom. The van der Waals surface area contributed by atoms with E-state index in [-0.39, 0.29) is 11.7 Å². The lowest BCUT2D eigenvalue weighted by molar-refractivity contribution is -0.136. The van der Waals surface area contributed by atoms with E-state index in [1.807, 2.05) is 61.5 Å². The predicted octanol–water partition coefficient (Wildman–Crippen LogP) is 4.87. The van der Waals surface area contributed by atoms with Gasteiger partial charge in [-0.2, -0.15) is 0 Å². The number of nitrogens with one attached hydrogen (secondary N) is 1. The Morgan fingerprint density at radius 2 is 1.72 bits per heavy atom. The number of allylic oxidation sites excluding steroid dienone is 3. The van der Waals surface area contributed by atoms with Gasteiger partial charge in [0.1, 0.15) is 0 Å². The Bertz CT molecular complexity index is 1020. The van der Waals surface area contributed by atoms with E-state index < -0.39 is 11.9 Å². The van der Waals surface area contributed by atoms with Crippen molar-refractivity contribution in [3.05, 3.63) is 93.3 Å². The smallest absolute Gasteiger partial charge is 0.336 e. The number of carbonyl (C=O) groups excluding carboxylic acids is 2. The average Bonchev–Trinajstić information content (AvgIpc) is 2.73. The molecule has 2 atom stereocenters. The number of carbonyl (C=O) groups is 2. The summed E-state index contributed by atoms with van der Waals surface area (Å²) in [6, 6.07) is 17.3. The zero-order valence-corrected chi connectivity index (χ0v) is 17.1. The Kier molecular flexibility index (Phi) is 5.29. The fourth-order valence-electron chi connectivity index (χ4n) is 4.37. The first-order valence-electron chi connectivity index (χ1n) is 9.62. The van der Waals surface area contributed by atoms with E-state index >= 15 is 0 Å². The van der Waals surface area contributed by atoms with Gasteiger partial charge in [0.25, 0.3) is 0 Å². The van der Waals surface area contributed by atoms with Crippen LogP contribution in [-0.2, 0) is 14.3 Å². The predicted molar refractivity (Wildman–Crippen MR) is 112 cm³/mol. The standard InChI is InChI=1S/C24H22ClNO3/c1-14-21(24(28)29-2)22(16-6-4-3-5-7-16)23-19(26-14)12-17(13-20(23)27)15-8-10-18(25)11-9-15/h3-11,17,22,26H,12-13H2,1-2H3/t17-,22-/m1/s1. The second-order valence-electron chi connectivity index (χ2n) is 7.47. The number of methoxy groups -OCH3 is 1. The van der Waals surface area contributed by atoms with Crippen LogP contribution in [0.1, 0.15) is 42.7 Å². The third kappa shape index (κ3) is 3.60. The van der Waals surface area contributed by atoms with Crippen LogP contribution in [0.3, 0.4) is 0 Å². The van der Waals surface area contributed by atoms with E-state index in [1.54, 1.807) is 0 Å². The van der Waals surface area contributed by atoms with Crippen molar-refractivity contribution in [1.29, 1.82) is 0 Å². The third-order valence-corrected chi connectivity index (χ3v) is 5.96. The highest BCUT2D eigenvalue weighted by Crippen LogP contribution is 2.45. The number of halogens is 1. The van der Waals surface area contributed by atoms with Crippen LogP contribution in [0.25, 0.3) is 0 Å². The first-order chi connectivity index (χ1) is 14.0. The molecule has 0 saturated heterocycles. The average molecular weight is 408 g/mol. The van der Waals surface area contributed by atoms with Gasteiger partial charge in [0.2, 0.25) is 0 Å². The van der Waals surface area contributed by atoms with Crippen molar-refractivity contribution in [2.45, 2.75) is 31.6 Å². The Balaban J connectivity index is 1.79. The Hall–Kier alpha value is -2.85. The number of dihydropyridines is 1. The molecule has 2 aromatic carbocycles. The highest BCUT2D eigenvalue weighted by atomic mass is 35.5. The van der Waals surface area contributed by atoms with E-state index in [4.69, 9.17) is 16.3 Å². The second-order valence-corrected chi connectivity index (χ2v) is 7.91. The van der Waals surface area contributed by atoms with E-state index in [1.165, 1.54) is 7.11 Å². The van der Waals surface area contributed by atoms with Crippen LogP contribution >= 0.6 is 11.6 Å². The molecule has 0 amide bonds. The SMILES string of the molecule is COC(=O)C1=C(C)NC2=C(C(=O)C[C@H](c3ccc(Cl)cc3)C2)[C@@H]1c1ccccc1. The van der Waals surface area contributed by atoms with E-state index in [0.717, 1.165) is 22.5 Å². The summed E-state index contributed by atoms with van der Waals surface area (Å²) in [4.78, 5) is 25.9. The molecule has 0 radical (unpaired) electrons. The number of Topliss-reactive ketones (excluding diaryl/α,β-unsaturated/α-hetero) is 1. The Morgan fingerprint density at radius 1 is 1.03 bits per heavy atom. The van der Waals surface area contributed by atoms with Crippen molar-refractivity contribution >= 4 is 23.4 Å². The van der Waals surface area contributed by atoms with Crippen LogP contribution in [0.2, 0.25) is 5.02 Å². The van der Waals surface area contributed by atoms with Gasteiger partial charge in [-0.1, -0.05) is 54.1 Å². The van der Waals surface area contributed by atoms with Crippen molar-refractivity contribution in [1.82, 2.24) is 5.32 Å². The molecule has 148 valence electrons. The van der Waals surface area contributed by atoms with Crippen LogP contribution < -0.4 is 5.32 Å². The van der Waals surface area contributed by atoms with Crippen LogP contribution in [0.5, 0.6) is 0 Å². The molecule has 2 aliphatic rings. The molecule has 1 aliphatic carbocycles. The van der Waals surface area contributed by atoms with Gasteiger partial charge in [0.05, 0.1) is 12.7 Å². The molecule has 0 spiro atoms. The summed E-state index contributed by atoms with van der Waals surface area (Å²) in [5, 5.41) is 4.01. The van der Waals surface area contributed by atoms with Gasteiger partial charge in [0.15, 0.2) is 5.78 Å². The molecule has 29 heavy (non-hydrogen) atoms. The molecule has 0 aromatic heterocycles. The maximum absolute atomic E-state index is 13.3. The van der Waals surface area contributed by atoms with Crippen molar-refractivity contribution in [2.24, 2.45) is 0 Å². The maximum Gasteiger partial charge on any atom is 0.336 e. The summed E-state index contributed by atoms with van der Waals surface area (Å²) in [5.41, 5.74) is 4.80. The minimum atomic E-state index is -0.418. The lowest BCUT2D eigenvalue weighted by Gasteiger charge is -2.36. The quantitative estimate of drug-likeness (QED) is 0.737. The van der Waals surface area contributed by atoms with Crippen molar-refractivity contribution in [3.8, 4) is 0 Å². The number of ketones is 1. The van der Waals surface area contributed by atoms with E-state index in [9.17, 15) is 9.59 Å². The summed E-state index contributed by atoms with van der Waals surface area (Å²) in [5.74, 6) is -0.696. The highest BCUT2D eigenvalue weighted by molar-refractivity contribution is 6.30. The number of ether oxygens (including phenoxy) is 1. The molecule has 1 heterocycles. The Labute approximate surface area is 175 Å². The van der Waals surface area contributed by atoms with Crippen molar-refractivity contribution < 1.29 is 14.3 Å². The molecule has 1 N–H and O–H groups in total. The lowest BCUT2D eigenvalue weighted by Crippen LogP contribution is -2.36. The number of rotatable bonds is 3. The van der Waals surface area contributed by atoms with Gasteiger partial charge in [-0.15, -0.1) is 0 Å². The highest BCUT2D eigenvalue weighted by Gasteiger charge is 2.41. The van der Waals surface area contributed by atoms with Crippen LogP contribution in [0, 0.1) is 0 Å². The molecular weight excluding hydrogens is 386 g/mol. The monoisotopic (exact) mass is 407 g/mol. The number of esters is 1. The molecule has 0 bridgehead atoms. The van der Waals surface area contributed by atoms with Gasteiger partial charge in [-0.05, 0) is 42.5 Å². The van der Waals surface area contributed by atoms with Gasteiger partial charge in [-0.3, -0.25) is 4.79 Å². The van der Waals surface area contributed by atoms with E-state index in [0.29, 0.717) is 29.0 Å². The summed E-state index contributed by atoms with van der Waals surface area (Å²) >= 11 is 6.02. The van der Waals surface area contributed by atoms with Crippen LogP contribution in [0.4, 0.5) is 0 Å². The summed E-state index contributed by atoms with van der Waals surface area (Å²) in [6.45, 7) is 1.86. The fraction of sp³-hybridized carbons (Fsp3) is 0.250. The van der Waals surface area contributed by atoms with Crippen molar-refractivity contribution in [2.75, 3.05) is 7.11 Å². The third-order valence-electron chi connectivity index (χ3n) is 5.71. The van der Waals surface area contributed by atoms with Crippen LogP contribution in [0.15, 0.2) is 77.1 Å². The zero-order valence-electron chi connectivity index (χ0n) is 16.4. The summed E-state index contributed by atoms with van der Waals surface area (Å²) < 4.78 is 5.05. The number of hydrogen-bond acceptors (Lipinski definition) is 4. The normalized spacial score (nSPS) is 21.6. The molecule has 0 unspecified atom stereocenters. The largest absolute Gasteiger partial charge is 0.466 e. The molecule has 2 aromatic rings. The van der Waals surface area contributed by atoms with Crippen molar-refractivity contribution in [3.63, 3.8) is 0 Å². The minimum Gasteiger partial charge on any atom is -0.466 e. The van der Waals surface area contributed by atoms with Gasteiger partial charge >= 0.3 is 5.97 Å². The van der Waals surface area contributed by atoms with E-state index in [2.05, 4.69) is 5.32 Å². The first kappa shape index (κ1) is 19.5. The zero-order chi connectivity index (χ0) is 20.5. The molecule has 0 fully saturated rings. The number of benzene rings is 2. The molecule has 4 nitrogen and oxygen atoms in total. The number of hydrogen-bond donors (Lipinski definition) is 1. The maximum atomic E-state index is 13.3. The van der Waals surface area contributed by atoms with Gasteiger partial charge in [-0.25, -0.2) is 4.79 Å². The molecule has 1 aliphatic heterocycles. The van der Waals surface area contributed by atoms with Gasteiger partial charge < -0.3 is 10.1 Å².